The first kappa shape index (κ1) is 23.0. The molecule has 0 aliphatic carbocycles. The Hall–Kier alpha value is -2.70. The monoisotopic (exact) mass is 546 g/mol. The lowest BCUT2D eigenvalue weighted by Gasteiger charge is -2.13. The van der Waals surface area contributed by atoms with Crippen LogP contribution in [0, 0.1) is 11.3 Å². The van der Waals surface area contributed by atoms with Gasteiger partial charge in [-0.1, -0.05) is 45.2 Å². The van der Waals surface area contributed by atoms with Crippen molar-refractivity contribution >= 4 is 49.0 Å². The Labute approximate surface area is 196 Å². The molecule has 0 amide bonds. The highest BCUT2D eigenvalue weighted by Crippen LogP contribution is 2.34. The second-order valence-corrected chi connectivity index (χ2v) is 8.46. The van der Waals surface area contributed by atoms with Gasteiger partial charge in [-0.15, -0.1) is 0 Å². The number of rotatable bonds is 8. The maximum Gasteiger partial charge on any atom is 0.282 e. The Balaban J connectivity index is 2.16. The fourth-order valence-corrected chi connectivity index (χ4v) is 3.84. The summed E-state index contributed by atoms with van der Waals surface area (Å²) in [5.41, 5.74) is 0.937. The van der Waals surface area contributed by atoms with Crippen molar-refractivity contribution in [2.75, 3.05) is 13.7 Å². The Bertz CT molecular complexity index is 1230. The number of fused-ring (bicyclic) bond motifs is 1. The number of aryl methyl sites for hydroxylation is 1. The predicted molar refractivity (Wildman–Crippen MR) is 127 cm³/mol. The highest BCUT2D eigenvalue weighted by Gasteiger charge is 2.14. The second-order valence-electron chi connectivity index (χ2n) is 6.63. The summed E-state index contributed by atoms with van der Waals surface area (Å²) < 4.78 is 13.8. The predicted octanol–water partition coefficient (Wildman–Crippen LogP) is 5.06. The number of hydrogen-bond acceptors (Lipinski definition) is 6. The molecule has 0 aliphatic rings. The molecule has 0 saturated carbocycles. The van der Waals surface area contributed by atoms with E-state index in [0.29, 0.717) is 40.2 Å². The third-order valence-electron chi connectivity index (χ3n) is 4.49. The van der Waals surface area contributed by atoms with E-state index in [1.165, 1.54) is 18.0 Å². The first-order valence-electron chi connectivity index (χ1n) is 9.61. The molecule has 0 unspecified atom stereocenters. The Morgan fingerprint density at radius 2 is 2.06 bits per heavy atom. The van der Waals surface area contributed by atoms with Gasteiger partial charge >= 0.3 is 0 Å². The van der Waals surface area contributed by atoms with Crippen LogP contribution in [0.2, 0.25) is 0 Å². The number of hydrogen-bond donors (Lipinski definition) is 0. The largest absolute Gasteiger partial charge is 0.493 e. The number of aromatic nitrogens is 2. The van der Waals surface area contributed by atoms with Gasteiger partial charge in [-0.2, -0.15) is 15.0 Å². The van der Waals surface area contributed by atoms with Crippen LogP contribution >= 0.6 is 31.9 Å². The molecule has 1 heterocycles. The maximum atomic E-state index is 13.2. The van der Waals surface area contributed by atoms with Gasteiger partial charge < -0.3 is 9.47 Å². The van der Waals surface area contributed by atoms with Crippen molar-refractivity contribution in [3.8, 4) is 17.6 Å². The lowest BCUT2D eigenvalue weighted by Crippen LogP contribution is -2.22. The second kappa shape index (κ2) is 10.6. The summed E-state index contributed by atoms with van der Waals surface area (Å²) in [7, 11) is 1.51. The van der Waals surface area contributed by atoms with Crippen molar-refractivity contribution in [1.82, 2.24) is 9.66 Å². The number of halogens is 2. The zero-order valence-electron chi connectivity index (χ0n) is 17.1. The van der Waals surface area contributed by atoms with Crippen LogP contribution < -0.4 is 15.0 Å². The summed E-state index contributed by atoms with van der Waals surface area (Å²) in [5, 5.41) is 13.8. The highest BCUT2D eigenvalue weighted by molar-refractivity contribution is 9.10. The van der Waals surface area contributed by atoms with Crippen LogP contribution in [0.15, 0.2) is 49.2 Å². The van der Waals surface area contributed by atoms with Crippen LogP contribution in [0.25, 0.3) is 10.9 Å². The van der Waals surface area contributed by atoms with Gasteiger partial charge in [-0.3, -0.25) is 4.79 Å². The Morgan fingerprint density at radius 3 is 2.77 bits per heavy atom. The third kappa shape index (κ3) is 5.32. The first-order chi connectivity index (χ1) is 15.0. The molecule has 0 spiro atoms. The molecule has 3 aromatic rings. The molecule has 0 saturated heterocycles. The number of ether oxygens (including phenoxy) is 2. The highest BCUT2D eigenvalue weighted by atomic mass is 79.9. The fraction of sp³-hybridized carbons (Fsp3) is 0.273. The standard InChI is InChI=1S/C22H20Br2N4O3/c1-3-4-5-20-27-18-7-6-15(23)11-17(18)22(29)28(20)26-13-14-10-16(24)12-19(30-2)21(14)31-9-8-25/h6-7,10-13H,3-5,9H2,1-2H3. The van der Waals surface area contributed by atoms with Crippen molar-refractivity contribution in [3.05, 3.63) is 61.0 Å². The van der Waals surface area contributed by atoms with Crippen LogP contribution in [0.3, 0.4) is 0 Å². The maximum absolute atomic E-state index is 13.2. The minimum atomic E-state index is -0.255. The van der Waals surface area contributed by atoms with Gasteiger partial charge in [0, 0.05) is 20.9 Å². The van der Waals surface area contributed by atoms with Crippen LogP contribution in [0.4, 0.5) is 0 Å². The van der Waals surface area contributed by atoms with Crippen LogP contribution in [-0.4, -0.2) is 29.6 Å². The first-order valence-corrected chi connectivity index (χ1v) is 11.2. The molecule has 0 N–H and O–H groups in total. The smallest absolute Gasteiger partial charge is 0.282 e. The molecule has 2 aromatic carbocycles. The van der Waals surface area contributed by atoms with E-state index in [-0.39, 0.29) is 12.2 Å². The molecule has 1 aromatic heterocycles. The van der Waals surface area contributed by atoms with E-state index in [1.807, 2.05) is 18.2 Å². The molecule has 0 atom stereocenters. The summed E-state index contributed by atoms with van der Waals surface area (Å²) in [4.78, 5) is 17.9. The third-order valence-corrected chi connectivity index (χ3v) is 5.44. The van der Waals surface area contributed by atoms with Gasteiger partial charge in [0.05, 0.1) is 24.2 Å². The summed E-state index contributed by atoms with van der Waals surface area (Å²) in [6.45, 7) is 1.93. The SMILES string of the molecule is CCCCc1nc2ccc(Br)cc2c(=O)n1N=Cc1cc(Br)cc(OC)c1OCC#N. The van der Waals surface area contributed by atoms with Crippen LogP contribution in [-0.2, 0) is 6.42 Å². The zero-order valence-corrected chi connectivity index (χ0v) is 20.2. The molecular formula is C22H20Br2N4O3. The Morgan fingerprint density at radius 1 is 1.26 bits per heavy atom. The van der Waals surface area contributed by atoms with Crippen molar-refractivity contribution in [2.24, 2.45) is 5.10 Å². The lowest BCUT2D eigenvalue weighted by molar-refractivity contribution is 0.329. The normalized spacial score (nSPS) is 11.1. The molecule has 7 nitrogen and oxygen atoms in total. The van der Waals surface area contributed by atoms with Gasteiger partial charge in [0.1, 0.15) is 11.9 Å². The van der Waals surface area contributed by atoms with E-state index in [4.69, 9.17) is 14.7 Å². The van der Waals surface area contributed by atoms with E-state index < -0.39 is 0 Å². The van der Waals surface area contributed by atoms with E-state index in [0.717, 1.165) is 21.8 Å². The van der Waals surface area contributed by atoms with Crippen molar-refractivity contribution in [1.29, 1.82) is 5.26 Å². The average Bonchev–Trinajstić information content (AvgIpc) is 2.76. The van der Waals surface area contributed by atoms with Crippen molar-refractivity contribution in [3.63, 3.8) is 0 Å². The van der Waals surface area contributed by atoms with Gasteiger partial charge in [0.15, 0.2) is 18.1 Å². The minimum absolute atomic E-state index is 0.147. The molecule has 31 heavy (non-hydrogen) atoms. The molecule has 160 valence electrons. The lowest BCUT2D eigenvalue weighted by atomic mass is 10.2. The zero-order chi connectivity index (χ0) is 22.4. The Kier molecular flexibility index (Phi) is 7.82. The van der Waals surface area contributed by atoms with Gasteiger partial charge in [0.2, 0.25) is 0 Å². The minimum Gasteiger partial charge on any atom is -0.493 e. The quantitative estimate of drug-likeness (QED) is 0.368. The number of benzene rings is 2. The molecular weight excluding hydrogens is 528 g/mol. The molecule has 0 bridgehead atoms. The number of nitrogens with zero attached hydrogens (tertiary/aromatic N) is 4. The van der Waals surface area contributed by atoms with Gasteiger partial charge in [-0.25, -0.2) is 4.98 Å². The van der Waals surface area contributed by atoms with Gasteiger partial charge in [-0.05, 0) is 36.8 Å². The van der Waals surface area contributed by atoms with Crippen LogP contribution in [0.1, 0.15) is 31.2 Å². The average molecular weight is 548 g/mol. The van der Waals surface area contributed by atoms with E-state index >= 15 is 0 Å². The van der Waals surface area contributed by atoms with Crippen molar-refractivity contribution in [2.45, 2.75) is 26.2 Å². The van der Waals surface area contributed by atoms with E-state index in [9.17, 15) is 4.79 Å². The number of methoxy groups -OCH3 is 1. The molecule has 0 radical (unpaired) electrons. The summed E-state index contributed by atoms with van der Waals surface area (Å²) in [6.07, 6.45) is 3.98. The summed E-state index contributed by atoms with van der Waals surface area (Å²) in [6, 6.07) is 10.9. The van der Waals surface area contributed by atoms with Gasteiger partial charge in [0.25, 0.3) is 5.56 Å². The van der Waals surface area contributed by atoms with Crippen molar-refractivity contribution < 1.29 is 9.47 Å². The van der Waals surface area contributed by atoms with Crippen LogP contribution in [0.5, 0.6) is 11.5 Å². The summed E-state index contributed by atoms with van der Waals surface area (Å²) in [5.74, 6) is 1.40. The number of nitriles is 1. The molecule has 9 heteroatoms. The topological polar surface area (TPSA) is 89.5 Å². The number of unbranched alkanes of at least 4 members (excludes halogenated alkanes) is 1. The molecule has 0 fully saturated rings. The molecule has 3 rings (SSSR count). The van der Waals surface area contributed by atoms with E-state index in [2.05, 4.69) is 48.9 Å². The fourth-order valence-electron chi connectivity index (χ4n) is 3.03. The summed E-state index contributed by atoms with van der Waals surface area (Å²) >= 11 is 6.85. The molecule has 0 aliphatic heterocycles. The van der Waals surface area contributed by atoms with E-state index in [1.54, 1.807) is 18.2 Å².